The number of rotatable bonds is 2. The van der Waals surface area contributed by atoms with E-state index in [4.69, 9.17) is 9.15 Å². The number of benzene rings is 1. The number of nitro groups is 1. The molecule has 9 heteroatoms. The third-order valence-corrected chi connectivity index (χ3v) is 3.42. The van der Waals surface area contributed by atoms with E-state index >= 15 is 0 Å². The van der Waals surface area contributed by atoms with Crippen molar-refractivity contribution in [3.8, 4) is 11.6 Å². The van der Waals surface area contributed by atoms with E-state index < -0.39 is 4.92 Å². The van der Waals surface area contributed by atoms with Crippen molar-refractivity contribution in [2.75, 3.05) is 26.3 Å². The summed E-state index contributed by atoms with van der Waals surface area (Å²) in [6, 6.07) is 5.52. The van der Waals surface area contributed by atoms with Crippen molar-refractivity contribution in [1.82, 2.24) is 20.5 Å². The third-order valence-electron chi connectivity index (χ3n) is 3.42. The maximum absolute atomic E-state index is 10.8. The van der Waals surface area contributed by atoms with Crippen LogP contribution in [0.5, 0.6) is 0 Å². The van der Waals surface area contributed by atoms with Crippen molar-refractivity contribution in [3.05, 3.63) is 40.1 Å². The van der Waals surface area contributed by atoms with Crippen LogP contribution in [0, 0.1) is 17.0 Å². The summed E-state index contributed by atoms with van der Waals surface area (Å²) in [5, 5.41) is 20.1. The van der Waals surface area contributed by atoms with Gasteiger partial charge in [0.15, 0.2) is 11.3 Å². The number of H-pyrrole nitrogens is 1. The Kier molecular flexibility index (Phi) is 4.82. The Morgan fingerprint density at radius 1 is 1.29 bits per heavy atom. The van der Waals surface area contributed by atoms with Crippen LogP contribution in [0.25, 0.3) is 22.7 Å². The summed E-state index contributed by atoms with van der Waals surface area (Å²) < 4.78 is 10.5. The number of nitrogens with zero attached hydrogens (tertiary/aromatic N) is 3. The fourth-order valence-corrected chi connectivity index (χ4v) is 2.24. The Labute approximate surface area is 137 Å². The molecule has 2 N–H and O–H groups in total. The molecule has 3 aromatic rings. The number of ether oxygens (including phenoxy) is 1. The van der Waals surface area contributed by atoms with Crippen LogP contribution in [0.4, 0.5) is 5.69 Å². The zero-order valence-corrected chi connectivity index (χ0v) is 13.1. The highest BCUT2D eigenvalue weighted by molar-refractivity contribution is 5.77. The van der Waals surface area contributed by atoms with Gasteiger partial charge in [-0.1, -0.05) is 6.07 Å². The van der Waals surface area contributed by atoms with Crippen LogP contribution >= 0.6 is 0 Å². The predicted octanol–water partition coefficient (Wildman–Crippen LogP) is 2.04. The van der Waals surface area contributed by atoms with Crippen molar-refractivity contribution < 1.29 is 14.1 Å². The Balaban J connectivity index is 0.000000238. The zero-order chi connectivity index (χ0) is 16.9. The number of aromatic amines is 1. The number of hydrogen-bond donors (Lipinski definition) is 2. The zero-order valence-electron chi connectivity index (χ0n) is 13.1. The van der Waals surface area contributed by atoms with Gasteiger partial charge in [-0.15, -0.1) is 0 Å². The van der Waals surface area contributed by atoms with E-state index in [1.54, 1.807) is 6.07 Å². The average Bonchev–Trinajstić information content (AvgIpc) is 3.23. The largest absolute Gasteiger partial charge is 0.435 e. The molecular weight excluding hydrogens is 314 g/mol. The Morgan fingerprint density at radius 2 is 2.08 bits per heavy atom. The Hall–Kier alpha value is -2.78. The minimum atomic E-state index is -0.529. The lowest BCUT2D eigenvalue weighted by Gasteiger charge is -2.10. The lowest BCUT2D eigenvalue weighted by atomic mass is 10.2. The van der Waals surface area contributed by atoms with Crippen molar-refractivity contribution in [3.63, 3.8) is 0 Å². The van der Waals surface area contributed by atoms with Gasteiger partial charge in [0.1, 0.15) is 11.7 Å². The van der Waals surface area contributed by atoms with Crippen LogP contribution in [-0.4, -0.2) is 46.4 Å². The first kappa shape index (κ1) is 16.1. The highest BCUT2D eigenvalue weighted by atomic mass is 16.6. The number of oxazole rings is 1. The van der Waals surface area contributed by atoms with Crippen molar-refractivity contribution in [2.45, 2.75) is 6.92 Å². The van der Waals surface area contributed by atoms with Gasteiger partial charge in [0.25, 0.3) is 5.89 Å². The maximum Gasteiger partial charge on any atom is 0.319 e. The molecule has 0 bridgehead atoms. The topological polar surface area (TPSA) is 119 Å². The summed E-state index contributed by atoms with van der Waals surface area (Å²) in [5.41, 5.74) is 2.31. The summed E-state index contributed by atoms with van der Waals surface area (Å²) in [6.07, 6.45) is 1.13. The summed E-state index contributed by atoms with van der Waals surface area (Å²) in [4.78, 5) is 14.5. The van der Waals surface area contributed by atoms with E-state index in [9.17, 15) is 10.1 Å². The van der Waals surface area contributed by atoms with Crippen molar-refractivity contribution >= 4 is 16.8 Å². The van der Waals surface area contributed by atoms with E-state index in [1.807, 2.05) is 19.1 Å². The Bertz CT molecular complexity index is 826. The van der Waals surface area contributed by atoms with Crippen LogP contribution in [0.3, 0.4) is 0 Å². The lowest BCUT2D eigenvalue weighted by molar-refractivity contribution is -0.384. The van der Waals surface area contributed by atoms with Gasteiger partial charge in [-0.05, 0) is 24.6 Å². The molecule has 3 heterocycles. The summed E-state index contributed by atoms with van der Waals surface area (Å²) >= 11 is 0. The van der Waals surface area contributed by atoms with Gasteiger partial charge in [0.05, 0.1) is 18.1 Å². The molecule has 1 fully saturated rings. The monoisotopic (exact) mass is 331 g/mol. The molecular formula is C15H17N5O4. The second-order valence-corrected chi connectivity index (χ2v) is 5.24. The van der Waals surface area contributed by atoms with Gasteiger partial charge in [0.2, 0.25) is 0 Å². The van der Waals surface area contributed by atoms with E-state index in [0.29, 0.717) is 11.1 Å². The van der Waals surface area contributed by atoms with Gasteiger partial charge in [0, 0.05) is 13.1 Å². The molecule has 0 spiro atoms. The molecule has 0 radical (unpaired) electrons. The first-order valence-corrected chi connectivity index (χ1v) is 7.49. The van der Waals surface area contributed by atoms with Gasteiger partial charge in [-0.2, -0.15) is 5.10 Å². The van der Waals surface area contributed by atoms with E-state index in [1.165, 1.54) is 0 Å². The standard InChI is InChI=1S/C11H8N4O3.C4H9NO/c1-6-2-3-9-7(4-6)13-11(18-9)10-8(15(16)17)5-12-14-10;1-3-6-4-2-5-1/h2-5H,1H3,(H,12,14);5H,1-4H2. The minimum Gasteiger partial charge on any atom is -0.435 e. The molecule has 0 atom stereocenters. The van der Waals surface area contributed by atoms with Crippen LogP contribution in [0.1, 0.15) is 5.56 Å². The van der Waals surface area contributed by atoms with Crippen molar-refractivity contribution in [2.24, 2.45) is 0 Å². The molecule has 126 valence electrons. The number of morpholine rings is 1. The quantitative estimate of drug-likeness (QED) is 0.544. The number of nitrogens with one attached hydrogen (secondary N) is 2. The highest BCUT2D eigenvalue weighted by Gasteiger charge is 2.22. The highest BCUT2D eigenvalue weighted by Crippen LogP contribution is 2.29. The molecule has 0 unspecified atom stereocenters. The molecule has 0 aliphatic carbocycles. The average molecular weight is 331 g/mol. The normalized spacial score (nSPS) is 14.2. The number of aryl methyl sites for hydroxylation is 1. The molecule has 1 aliphatic rings. The van der Waals surface area contributed by atoms with Crippen LogP contribution < -0.4 is 5.32 Å². The van der Waals surface area contributed by atoms with E-state index in [0.717, 1.165) is 38.1 Å². The van der Waals surface area contributed by atoms with E-state index in [2.05, 4.69) is 20.5 Å². The molecule has 1 aromatic carbocycles. The SMILES string of the molecule is C1COCCN1.Cc1ccc2oc(-c3[nH]ncc3[N+](=O)[O-])nc2c1. The van der Waals surface area contributed by atoms with Crippen molar-refractivity contribution in [1.29, 1.82) is 0 Å². The lowest BCUT2D eigenvalue weighted by Crippen LogP contribution is -2.30. The number of aromatic nitrogens is 3. The summed E-state index contributed by atoms with van der Waals surface area (Å²) in [6.45, 7) is 5.77. The van der Waals surface area contributed by atoms with Gasteiger partial charge in [-0.3, -0.25) is 15.2 Å². The first-order chi connectivity index (χ1) is 11.6. The van der Waals surface area contributed by atoms with Crippen LogP contribution in [-0.2, 0) is 4.74 Å². The first-order valence-electron chi connectivity index (χ1n) is 7.49. The minimum absolute atomic E-state index is 0.154. The van der Waals surface area contributed by atoms with Gasteiger partial charge < -0.3 is 14.5 Å². The number of fused-ring (bicyclic) bond motifs is 1. The Morgan fingerprint density at radius 3 is 2.71 bits per heavy atom. The molecule has 24 heavy (non-hydrogen) atoms. The van der Waals surface area contributed by atoms with E-state index in [-0.39, 0.29) is 17.3 Å². The smallest absolute Gasteiger partial charge is 0.319 e. The van der Waals surface area contributed by atoms with Crippen LogP contribution in [0.2, 0.25) is 0 Å². The van der Waals surface area contributed by atoms with Gasteiger partial charge >= 0.3 is 5.69 Å². The van der Waals surface area contributed by atoms with Gasteiger partial charge in [-0.25, -0.2) is 4.98 Å². The fourth-order valence-electron chi connectivity index (χ4n) is 2.24. The second kappa shape index (κ2) is 7.20. The second-order valence-electron chi connectivity index (χ2n) is 5.24. The third kappa shape index (κ3) is 3.58. The molecule has 0 saturated carbocycles. The maximum atomic E-state index is 10.8. The molecule has 1 saturated heterocycles. The molecule has 4 rings (SSSR count). The summed E-state index contributed by atoms with van der Waals surface area (Å²) in [7, 11) is 0. The number of hydrogen-bond acceptors (Lipinski definition) is 7. The fraction of sp³-hybridized carbons (Fsp3) is 0.333. The molecule has 2 aromatic heterocycles. The molecule has 1 aliphatic heterocycles. The molecule has 9 nitrogen and oxygen atoms in total. The molecule has 0 amide bonds. The predicted molar refractivity (Wildman–Crippen MR) is 86.7 cm³/mol. The summed E-state index contributed by atoms with van der Waals surface area (Å²) in [5.74, 6) is 0.166. The van der Waals surface area contributed by atoms with Crippen LogP contribution in [0.15, 0.2) is 28.8 Å².